The van der Waals surface area contributed by atoms with Gasteiger partial charge in [-0.25, -0.2) is 0 Å². The van der Waals surface area contributed by atoms with Gasteiger partial charge in [0, 0.05) is 20.1 Å². The Balaban J connectivity index is 1.65. The van der Waals surface area contributed by atoms with Crippen LogP contribution in [-0.4, -0.2) is 50.2 Å². The Morgan fingerprint density at radius 1 is 0.966 bits per heavy atom. The van der Waals surface area contributed by atoms with Crippen molar-refractivity contribution in [3.8, 4) is 0 Å². The third-order valence-electron chi connectivity index (χ3n) is 5.18. The molecule has 1 aliphatic rings. The maximum Gasteiger partial charge on any atom is 0.199 e. The van der Waals surface area contributed by atoms with E-state index in [0.29, 0.717) is 13.2 Å². The SMILES string of the molecule is [CH2][C@@H]1[C@H](O)[C@@H](OCc2ccccc2)[C@H](OC)O[C@@]1(COCc1ccccc1)OC. The highest BCUT2D eigenvalue weighted by molar-refractivity contribution is 5.14. The molecule has 157 valence electrons. The summed E-state index contributed by atoms with van der Waals surface area (Å²) >= 11 is 0. The fourth-order valence-electron chi connectivity index (χ4n) is 3.41. The number of aliphatic hydroxyl groups is 1. The molecule has 29 heavy (non-hydrogen) atoms. The number of ether oxygens (including phenoxy) is 5. The van der Waals surface area contributed by atoms with Crippen molar-refractivity contribution in [2.24, 2.45) is 5.92 Å². The predicted molar refractivity (Wildman–Crippen MR) is 108 cm³/mol. The molecule has 0 aromatic heterocycles. The highest BCUT2D eigenvalue weighted by Gasteiger charge is 2.54. The molecule has 1 heterocycles. The molecule has 1 saturated heterocycles. The molecule has 2 aromatic carbocycles. The van der Waals surface area contributed by atoms with Gasteiger partial charge < -0.3 is 28.8 Å². The molecule has 0 aliphatic carbocycles. The number of methoxy groups -OCH3 is 2. The van der Waals surface area contributed by atoms with E-state index < -0.39 is 30.2 Å². The Labute approximate surface area is 172 Å². The third-order valence-corrected chi connectivity index (χ3v) is 5.18. The van der Waals surface area contributed by atoms with Crippen LogP contribution >= 0.6 is 0 Å². The smallest absolute Gasteiger partial charge is 0.199 e. The summed E-state index contributed by atoms with van der Waals surface area (Å²) in [6.07, 6.45) is -2.50. The van der Waals surface area contributed by atoms with E-state index in [2.05, 4.69) is 6.92 Å². The van der Waals surface area contributed by atoms with Crippen LogP contribution in [0.5, 0.6) is 0 Å². The summed E-state index contributed by atoms with van der Waals surface area (Å²) in [5.41, 5.74) is 2.02. The molecule has 0 saturated carbocycles. The monoisotopic (exact) mass is 401 g/mol. The number of aliphatic hydroxyl groups excluding tert-OH is 1. The zero-order valence-corrected chi connectivity index (χ0v) is 16.9. The average Bonchev–Trinajstić information content (AvgIpc) is 2.77. The molecule has 5 atom stereocenters. The number of hydrogen-bond donors (Lipinski definition) is 1. The zero-order chi connectivity index (χ0) is 20.7. The fourth-order valence-corrected chi connectivity index (χ4v) is 3.41. The van der Waals surface area contributed by atoms with Gasteiger partial charge in [-0.15, -0.1) is 0 Å². The fraction of sp³-hybridized carbons (Fsp3) is 0.435. The standard InChI is InChI=1S/C23H29O6/c1-17-20(24)21(28-15-19-12-8-5-9-13-19)22(25-2)29-23(17,26-3)16-27-14-18-10-6-4-7-11-18/h4-13,17,20-22,24H,1,14-16H2,2-3H3/t17-,20+,21-,22-,23-/m1/s1. The molecule has 1 fully saturated rings. The summed E-state index contributed by atoms with van der Waals surface area (Å²) in [7, 11) is 3.01. The van der Waals surface area contributed by atoms with Crippen molar-refractivity contribution in [2.75, 3.05) is 20.8 Å². The molecule has 1 aliphatic heterocycles. The van der Waals surface area contributed by atoms with Crippen LogP contribution in [-0.2, 0) is 36.9 Å². The predicted octanol–water partition coefficient (Wildman–Crippen LogP) is 2.95. The molecule has 0 unspecified atom stereocenters. The van der Waals surface area contributed by atoms with Crippen molar-refractivity contribution < 1.29 is 28.8 Å². The Morgan fingerprint density at radius 3 is 2.10 bits per heavy atom. The summed E-state index contributed by atoms with van der Waals surface area (Å²) in [5, 5.41) is 10.9. The molecular formula is C23H29O6. The van der Waals surface area contributed by atoms with Gasteiger partial charge in [-0.2, -0.15) is 0 Å². The van der Waals surface area contributed by atoms with Gasteiger partial charge in [0.2, 0.25) is 0 Å². The maximum atomic E-state index is 10.9. The summed E-state index contributed by atoms with van der Waals surface area (Å²) in [5.74, 6) is -1.89. The van der Waals surface area contributed by atoms with Gasteiger partial charge in [0.1, 0.15) is 12.7 Å². The van der Waals surface area contributed by atoms with Gasteiger partial charge >= 0.3 is 0 Å². The molecular weight excluding hydrogens is 372 g/mol. The molecule has 0 spiro atoms. The van der Waals surface area contributed by atoms with Gasteiger partial charge in [-0.3, -0.25) is 0 Å². The van der Waals surface area contributed by atoms with E-state index >= 15 is 0 Å². The van der Waals surface area contributed by atoms with E-state index in [0.717, 1.165) is 11.1 Å². The minimum atomic E-state index is -1.25. The van der Waals surface area contributed by atoms with Crippen molar-refractivity contribution >= 4 is 0 Å². The topological polar surface area (TPSA) is 66.4 Å². The minimum Gasteiger partial charge on any atom is -0.390 e. The summed E-state index contributed by atoms with van der Waals surface area (Å²) in [4.78, 5) is 0. The maximum absolute atomic E-state index is 10.9. The van der Waals surface area contributed by atoms with Crippen LogP contribution in [0.25, 0.3) is 0 Å². The normalized spacial score (nSPS) is 29.7. The van der Waals surface area contributed by atoms with Gasteiger partial charge in [-0.05, 0) is 18.1 Å². The Kier molecular flexibility index (Phi) is 7.77. The quantitative estimate of drug-likeness (QED) is 0.697. The van der Waals surface area contributed by atoms with Crippen LogP contribution in [0.1, 0.15) is 11.1 Å². The Morgan fingerprint density at radius 2 is 1.55 bits per heavy atom. The second-order valence-electron chi connectivity index (χ2n) is 7.07. The van der Waals surface area contributed by atoms with Gasteiger partial charge in [-0.1, -0.05) is 60.7 Å². The molecule has 6 nitrogen and oxygen atoms in total. The number of rotatable bonds is 9. The van der Waals surface area contributed by atoms with Crippen molar-refractivity contribution in [3.05, 3.63) is 78.7 Å². The van der Waals surface area contributed by atoms with E-state index in [4.69, 9.17) is 23.7 Å². The minimum absolute atomic E-state index is 0.0921. The first kappa shape index (κ1) is 21.9. The van der Waals surface area contributed by atoms with Crippen LogP contribution in [0, 0.1) is 12.8 Å². The molecule has 6 heteroatoms. The average molecular weight is 401 g/mol. The number of hydrogen-bond acceptors (Lipinski definition) is 6. The highest BCUT2D eigenvalue weighted by atomic mass is 16.8. The second kappa shape index (κ2) is 10.3. The van der Waals surface area contributed by atoms with Gasteiger partial charge in [0.05, 0.1) is 19.3 Å². The van der Waals surface area contributed by atoms with Crippen LogP contribution in [0.2, 0.25) is 0 Å². The van der Waals surface area contributed by atoms with E-state index in [1.54, 1.807) is 0 Å². The third kappa shape index (κ3) is 5.22. The lowest BCUT2D eigenvalue weighted by molar-refractivity contribution is -0.392. The van der Waals surface area contributed by atoms with Crippen LogP contribution in [0.3, 0.4) is 0 Å². The summed E-state index contributed by atoms with van der Waals surface area (Å²) in [6.45, 7) is 4.89. The van der Waals surface area contributed by atoms with Crippen molar-refractivity contribution in [1.82, 2.24) is 0 Å². The first-order valence-corrected chi connectivity index (χ1v) is 9.64. The largest absolute Gasteiger partial charge is 0.390 e. The van der Waals surface area contributed by atoms with Crippen molar-refractivity contribution in [1.29, 1.82) is 0 Å². The Bertz CT molecular complexity index is 723. The van der Waals surface area contributed by atoms with Gasteiger partial charge in [0.15, 0.2) is 12.1 Å². The lowest BCUT2D eigenvalue weighted by Gasteiger charge is -2.49. The highest BCUT2D eigenvalue weighted by Crippen LogP contribution is 2.37. The van der Waals surface area contributed by atoms with E-state index in [9.17, 15) is 5.11 Å². The zero-order valence-electron chi connectivity index (χ0n) is 16.9. The van der Waals surface area contributed by atoms with Gasteiger partial charge in [0.25, 0.3) is 0 Å². The lowest BCUT2D eigenvalue weighted by Crippen LogP contribution is -2.64. The Hall–Kier alpha value is -1.80. The van der Waals surface area contributed by atoms with Crippen LogP contribution in [0.15, 0.2) is 60.7 Å². The summed E-state index contributed by atoms with van der Waals surface area (Å²) in [6, 6.07) is 19.5. The first-order chi connectivity index (χ1) is 14.1. The van der Waals surface area contributed by atoms with Crippen LogP contribution < -0.4 is 0 Å². The van der Waals surface area contributed by atoms with E-state index in [-0.39, 0.29) is 6.61 Å². The molecule has 0 amide bonds. The second-order valence-corrected chi connectivity index (χ2v) is 7.07. The molecule has 2 aromatic rings. The van der Waals surface area contributed by atoms with Crippen LogP contribution in [0.4, 0.5) is 0 Å². The molecule has 1 radical (unpaired) electrons. The molecule has 1 N–H and O–H groups in total. The van der Waals surface area contributed by atoms with E-state index in [1.807, 2.05) is 60.7 Å². The lowest BCUT2D eigenvalue weighted by atomic mass is 9.87. The molecule has 0 bridgehead atoms. The van der Waals surface area contributed by atoms with Crippen molar-refractivity contribution in [2.45, 2.75) is 37.5 Å². The number of benzene rings is 2. The first-order valence-electron chi connectivity index (χ1n) is 9.64. The summed E-state index contributed by atoms with van der Waals surface area (Å²) < 4.78 is 28.9. The van der Waals surface area contributed by atoms with E-state index in [1.165, 1.54) is 14.2 Å². The van der Waals surface area contributed by atoms with Crippen molar-refractivity contribution in [3.63, 3.8) is 0 Å². The molecule has 3 rings (SSSR count).